The summed E-state index contributed by atoms with van der Waals surface area (Å²) in [6.07, 6.45) is 4.32. The predicted octanol–water partition coefficient (Wildman–Crippen LogP) is 4.80. The molecule has 0 aliphatic carbocycles. The molecule has 33 heavy (non-hydrogen) atoms. The number of nitrogens with one attached hydrogen (secondary N) is 1. The van der Waals surface area contributed by atoms with Crippen LogP contribution in [0.25, 0.3) is 22.0 Å². The van der Waals surface area contributed by atoms with Gasteiger partial charge in [0.05, 0.1) is 16.0 Å². The van der Waals surface area contributed by atoms with E-state index < -0.39 is 0 Å². The fourth-order valence-corrected chi connectivity index (χ4v) is 3.98. The number of fused-ring (bicyclic) bond motifs is 2. The fourth-order valence-electron chi connectivity index (χ4n) is 3.71. The molecule has 0 saturated heterocycles. The Labute approximate surface area is 196 Å². The molecule has 0 atom stereocenters. The van der Waals surface area contributed by atoms with Gasteiger partial charge in [0.25, 0.3) is 5.56 Å². The first-order valence-electron chi connectivity index (χ1n) is 10.3. The third-order valence-electron chi connectivity index (χ3n) is 5.23. The monoisotopic (exact) mass is 458 g/mol. The van der Waals surface area contributed by atoms with Gasteiger partial charge in [-0.05, 0) is 47.7 Å². The lowest BCUT2D eigenvalue weighted by atomic mass is 10.1. The van der Waals surface area contributed by atoms with E-state index in [1.807, 2.05) is 55.5 Å². The molecule has 0 unspecified atom stereocenters. The Morgan fingerprint density at radius 3 is 2.58 bits per heavy atom. The van der Waals surface area contributed by atoms with Crippen LogP contribution in [0.4, 0.5) is 17.6 Å². The topological polar surface area (TPSA) is 112 Å². The summed E-state index contributed by atoms with van der Waals surface area (Å²) in [5, 5.41) is 4.90. The first kappa shape index (κ1) is 22.1. The number of halogens is 1. The molecule has 2 aromatic carbocycles. The zero-order chi connectivity index (χ0) is 23.5. The Morgan fingerprint density at radius 1 is 1.09 bits per heavy atom. The number of nitrogens with two attached hydrogens (primary N) is 2. The highest BCUT2D eigenvalue weighted by molar-refractivity contribution is 6.35. The minimum absolute atomic E-state index is 0.0591. The Kier molecular flexibility index (Phi) is 6.15. The summed E-state index contributed by atoms with van der Waals surface area (Å²) in [6, 6.07) is 17.3. The lowest BCUT2D eigenvalue weighted by Gasteiger charge is -2.14. The lowest BCUT2D eigenvalue weighted by Crippen LogP contribution is -2.22. The van der Waals surface area contributed by atoms with Crippen molar-refractivity contribution >= 4 is 45.5 Å². The highest BCUT2D eigenvalue weighted by Crippen LogP contribution is 2.30. The zero-order valence-electron chi connectivity index (χ0n) is 18.0. The molecule has 0 amide bonds. The molecule has 0 spiro atoms. The summed E-state index contributed by atoms with van der Waals surface area (Å²) < 4.78 is 1.74. The first-order valence-corrected chi connectivity index (χ1v) is 10.7. The number of benzene rings is 2. The number of pyridine rings is 1. The van der Waals surface area contributed by atoms with E-state index in [0.29, 0.717) is 22.0 Å². The van der Waals surface area contributed by atoms with Crippen molar-refractivity contribution in [1.29, 1.82) is 0 Å². The molecular weight excluding hydrogens is 436 g/mol. The van der Waals surface area contributed by atoms with Gasteiger partial charge in [-0.15, -0.1) is 0 Å². The Morgan fingerprint density at radius 2 is 1.85 bits per heavy atom. The van der Waals surface area contributed by atoms with Crippen LogP contribution < -0.4 is 22.3 Å². The second kappa shape index (κ2) is 9.18. The number of hydrogen-bond donors (Lipinski definition) is 3. The average Bonchev–Trinajstić information content (AvgIpc) is 2.79. The summed E-state index contributed by atoms with van der Waals surface area (Å²) in [5.74, 6) is 1.12. The maximum absolute atomic E-state index is 12.8. The van der Waals surface area contributed by atoms with Crippen molar-refractivity contribution in [3.63, 3.8) is 0 Å². The van der Waals surface area contributed by atoms with E-state index in [0.717, 1.165) is 34.3 Å². The second-order valence-corrected chi connectivity index (χ2v) is 7.77. The number of aromatic nitrogens is 3. The smallest absolute Gasteiger partial charge is 0.264 e. The number of hydrogen-bond acceptors (Lipinski definition) is 6. The number of nitrogen functional groups attached to an aromatic ring is 2. The second-order valence-electron chi connectivity index (χ2n) is 7.36. The van der Waals surface area contributed by atoms with Gasteiger partial charge in [0.15, 0.2) is 0 Å². The predicted molar refractivity (Wildman–Crippen MR) is 137 cm³/mol. The number of rotatable bonds is 2. The lowest BCUT2D eigenvalue weighted by molar-refractivity contribution is 0.889. The molecule has 8 heteroatoms. The van der Waals surface area contributed by atoms with E-state index in [1.54, 1.807) is 22.9 Å². The molecular formula is C25H23ClN6O. The minimum Gasteiger partial charge on any atom is -0.383 e. The normalized spacial score (nSPS) is 12.0. The van der Waals surface area contributed by atoms with Crippen molar-refractivity contribution in [1.82, 2.24) is 14.5 Å². The summed E-state index contributed by atoms with van der Waals surface area (Å²) in [6.45, 7) is 5.86. The highest BCUT2D eigenvalue weighted by atomic mass is 35.5. The van der Waals surface area contributed by atoms with E-state index >= 15 is 0 Å². The summed E-state index contributed by atoms with van der Waals surface area (Å²) >= 11 is 6.20. The van der Waals surface area contributed by atoms with Gasteiger partial charge in [-0.1, -0.05) is 55.4 Å². The molecule has 1 aliphatic heterocycles. The van der Waals surface area contributed by atoms with Crippen molar-refractivity contribution in [2.75, 3.05) is 16.8 Å². The largest absolute Gasteiger partial charge is 0.383 e. The molecule has 0 radical (unpaired) electrons. The number of anilines is 3. The molecule has 3 heterocycles. The Bertz CT molecular complexity index is 1440. The van der Waals surface area contributed by atoms with E-state index in [4.69, 9.17) is 23.1 Å². The highest BCUT2D eigenvalue weighted by Gasteiger charge is 2.15. The van der Waals surface area contributed by atoms with Crippen molar-refractivity contribution in [2.24, 2.45) is 0 Å². The van der Waals surface area contributed by atoms with Gasteiger partial charge in [0.1, 0.15) is 11.6 Å². The maximum atomic E-state index is 12.8. The quantitative estimate of drug-likeness (QED) is 0.397. The van der Waals surface area contributed by atoms with Crippen molar-refractivity contribution in [2.45, 2.75) is 13.3 Å². The molecule has 0 saturated carbocycles. The van der Waals surface area contributed by atoms with Gasteiger partial charge < -0.3 is 16.8 Å². The van der Waals surface area contributed by atoms with Gasteiger partial charge >= 0.3 is 0 Å². The summed E-state index contributed by atoms with van der Waals surface area (Å²) in [4.78, 5) is 20.6. The van der Waals surface area contributed by atoms with Gasteiger partial charge in [-0.2, -0.15) is 9.97 Å². The number of aryl methyl sites for hydroxylation is 1. The van der Waals surface area contributed by atoms with Crippen LogP contribution in [0.3, 0.4) is 0 Å². The molecule has 4 aromatic rings. The summed E-state index contributed by atoms with van der Waals surface area (Å²) in [5.41, 5.74) is 14.4. The van der Waals surface area contributed by atoms with Gasteiger partial charge in [0, 0.05) is 17.6 Å². The molecule has 1 aliphatic rings. The van der Waals surface area contributed by atoms with E-state index in [1.165, 1.54) is 0 Å². The van der Waals surface area contributed by atoms with Crippen LogP contribution in [0.2, 0.25) is 5.02 Å². The zero-order valence-corrected chi connectivity index (χ0v) is 18.8. The van der Waals surface area contributed by atoms with Gasteiger partial charge in [-0.3, -0.25) is 9.36 Å². The minimum atomic E-state index is -0.0591. The summed E-state index contributed by atoms with van der Waals surface area (Å²) in [7, 11) is 0. The van der Waals surface area contributed by atoms with Crippen molar-refractivity contribution in [3.05, 3.63) is 100 Å². The molecule has 0 bridgehead atoms. The number of nitrogens with zero attached hydrogens (tertiary/aromatic N) is 3. The number of para-hydroxylation sites is 1. The van der Waals surface area contributed by atoms with Gasteiger partial charge in [0.2, 0.25) is 5.95 Å². The molecule has 7 nitrogen and oxygen atoms in total. The Balaban J connectivity index is 0.000000172. The molecule has 5 N–H and O–H groups in total. The third-order valence-corrected chi connectivity index (χ3v) is 5.54. The van der Waals surface area contributed by atoms with Crippen LogP contribution in [0.5, 0.6) is 0 Å². The molecule has 0 fully saturated rings. The first-order chi connectivity index (χ1) is 15.9. The maximum Gasteiger partial charge on any atom is 0.264 e. The molecule has 2 aromatic heterocycles. The van der Waals surface area contributed by atoms with Crippen LogP contribution >= 0.6 is 11.6 Å². The SMILES string of the molecule is C=C1C=CNc2nc(N)nc(N)c21.CCc1cc2cccc(Cl)c2c(=O)n1-c1ccccc1. The third kappa shape index (κ3) is 4.31. The van der Waals surface area contributed by atoms with E-state index in [9.17, 15) is 4.79 Å². The number of allylic oxidation sites excluding steroid dienone is 2. The standard InChI is InChI=1S/C17H14ClNO.C8H9N5/c1-2-13-11-12-7-6-10-15(18)16(12)17(20)19(13)14-8-4-3-5-9-14;1-4-2-3-11-7-5(4)6(9)12-8(10)13-7/h3-11H,2H2,1H3;2-3H,1H2,(H5,9,10,11,12,13). The van der Waals surface area contributed by atoms with E-state index in [2.05, 4.69) is 21.9 Å². The average molecular weight is 459 g/mol. The van der Waals surface area contributed by atoms with Crippen LogP contribution in [-0.4, -0.2) is 14.5 Å². The van der Waals surface area contributed by atoms with E-state index in [-0.39, 0.29) is 11.5 Å². The van der Waals surface area contributed by atoms with Crippen molar-refractivity contribution in [3.8, 4) is 5.69 Å². The van der Waals surface area contributed by atoms with Crippen LogP contribution in [0.1, 0.15) is 18.2 Å². The van der Waals surface area contributed by atoms with Crippen molar-refractivity contribution < 1.29 is 0 Å². The molecule has 166 valence electrons. The van der Waals surface area contributed by atoms with Gasteiger partial charge in [-0.25, -0.2) is 0 Å². The van der Waals surface area contributed by atoms with Crippen LogP contribution in [0, 0.1) is 0 Å². The molecule has 5 rings (SSSR count). The fraction of sp³-hybridized carbons (Fsp3) is 0.0800. The Hall–Kier alpha value is -4.10. The van der Waals surface area contributed by atoms with Crippen LogP contribution in [-0.2, 0) is 6.42 Å². The van der Waals surface area contributed by atoms with Crippen LogP contribution in [0.15, 0.2) is 78.2 Å².